The Bertz CT molecular complexity index is 560. The number of likely N-dealkylation sites (N-methyl/N-ethyl adjacent to an activating group) is 1. The number of hydrogen-bond donors (Lipinski definition) is 2. The fourth-order valence-electron chi connectivity index (χ4n) is 2.60. The summed E-state index contributed by atoms with van der Waals surface area (Å²) in [5.74, 6) is 0. The van der Waals surface area contributed by atoms with Crippen molar-refractivity contribution in [1.29, 1.82) is 0 Å². The lowest BCUT2D eigenvalue weighted by atomic mass is 10.1. The number of urea groups is 1. The molecule has 134 valence electrons. The van der Waals surface area contributed by atoms with Crippen LogP contribution < -0.4 is 10.2 Å². The number of rotatable bonds is 4. The van der Waals surface area contributed by atoms with E-state index in [-0.39, 0.29) is 0 Å². The number of nitrogens with zero attached hydrogens (tertiary/aromatic N) is 2. The Balaban J connectivity index is 1.96. The number of amides is 2. The van der Waals surface area contributed by atoms with E-state index in [1.807, 2.05) is 6.07 Å². The topological polar surface area (TPSA) is 55.8 Å². The molecule has 0 aliphatic carbocycles. The quantitative estimate of drug-likeness (QED) is 0.882. The minimum Gasteiger partial charge on any atom is -0.382 e. The lowest BCUT2D eigenvalue weighted by Gasteiger charge is -2.29. The zero-order valence-corrected chi connectivity index (χ0v) is 13.5. The van der Waals surface area contributed by atoms with Gasteiger partial charge in [0, 0.05) is 31.5 Å². The highest BCUT2D eigenvalue weighted by Crippen LogP contribution is 2.24. The first-order valence-corrected chi connectivity index (χ1v) is 7.89. The highest BCUT2D eigenvalue weighted by Gasteiger charge is 2.39. The smallest absolute Gasteiger partial charge is 0.382 e. The van der Waals surface area contributed by atoms with E-state index in [1.165, 1.54) is 13.5 Å². The Kier molecular flexibility index (Phi) is 5.93. The molecule has 1 fully saturated rings. The van der Waals surface area contributed by atoms with Crippen LogP contribution in [0.15, 0.2) is 24.3 Å². The van der Waals surface area contributed by atoms with Gasteiger partial charge in [-0.2, -0.15) is 13.2 Å². The van der Waals surface area contributed by atoms with Gasteiger partial charge in [0.1, 0.15) is 0 Å². The number of alkyl halides is 3. The first kappa shape index (κ1) is 18.4. The van der Waals surface area contributed by atoms with Crippen LogP contribution in [0.3, 0.4) is 0 Å². The van der Waals surface area contributed by atoms with E-state index in [0.29, 0.717) is 5.69 Å². The molecular weight excluding hydrogens is 323 g/mol. The Morgan fingerprint density at radius 2 is 2.00 bits per heavy atom. The molecular formula is C16H22F3N3O2. The third kappa shape index (κ3) is 5.02. The van der Waals surface area contributed by atoms with Crippen molar-refractivity contribution in [3.63, 3.8) is 0 Å². The highest BCUT2D eigenvalue weighted by molar-refractivity contribution is 5.89. The maximum Gasteiger partial charge on any atom is 0.416 e. The van der Waals surface area contributed by atoms with Crippen LogP contribution in [0, 0.1) is 0 Å². The highest BCUT2D eigenvalue weighted by atomic mass is 19.4. The number of hydrogen-bond acceptors (Lipinski definition) is 3. The van der Waals surface area contributed by atoms with Crippen molar-refractivity contribution in [2.75, 3.05) is 36.9 Å². The molecule has 8 heteroatoms. The molecule has 1 atom stereocenters. The van der Waals surface area contributed by atoms with Crippen LogP contribution in [0.25, 0.3) is 0 Å². The second-order valence-corrected chi connectivity index (χ2v) is 5.97. The first-order valence-electron chi connectivity index (χ1n) is 7.89. The number of aliphatic hydroxyl groups excluding tert-OH is 1. The summed E-state index contributed by atoms with van der Waals surface area (Å²) in [7, 11) is 1.21. The van der Waals surface area contributed by atoms with Gasteiger partial charge in [-0.1, -0.05) is 6.07 Å². The van der Waals surface area contributed by atoms with Gasteiger partial charge < -0.3 is 20.2 Å². The number of carbonyl (C=O) groups is 1. The van der Waals surface area contributed by atoms with E-state index in [9.17, 15) is 18.0 Å². The van der Waals surface area contributed by atoms with Gasteiger partial charge in [-0.15, -0.1) is 0 Å². The molecule has 5 nitrogen and oxygen atoms in total. The standard InChI is InChI=1S/C16H22F3N3O2/c1-21(11-14(23)16(17,18)19)15(24)20-12-6-5-7-13(10-12)22-8-3-2-4-9-22/h5-7,10,14,23H,2-4,8-9,11H2,1H3,(H,20,24). The number of piperidine rings is 1. The Labute approximate surface area is 139 Å². The molecule has 1 saturated heterocycles. The number of carbonyl (C=O) groups excluding carboxylic acids is 1. The van der Waals surface area contributed by atoms with E-state index in [2.05, 4.69) is 10.2 Å². The van der Waals surface area contributed by atoms with E-state index < -0.39 is 24.9 Å². The molecule has 2 N–H and O–H groups in total. The second-order valence-electron chi connectivity index (χ2n) is 5.97. The summed E-state index contributed by atoms with van der Waals surface area (Å²) in [6.45, 7) is 1.09. The molecule has 2 amide bonds. The number of benzene rings is 1. The van der Waals surface area contributed by atoms with Crippen molar-refractivity contribution in [2.24, 2.45) is 0 Å². The van der Waals surface area contributed by atoms with Crippen LogP contribution in [0.2, 0.25) is 0 Å². The van der Waals surface area contributed by atoms with Crippen molar-refractivity contribution >= 4 is 17.4 Å². The Morgan fingerprint density at radius 3 is 2.62 bits per heavy atom. The molecule has 1 aliphatic rings. The maximum absolute atomic E-state index is 12.3. The summed E-state index contributed by atoms with van der Waals surface area (Å²) < 4.78 is 37.0. The molecule has 1 aromatic carbocycles. The molecule has 1 aromatic rings. The number of aliphatic hydroxyl groups is 1. The number of nitrogens with one attached hydrogen (secondary N) is 1. The predicted octanol–water partition coefficient (Wildman–Crippen LogP) is 3.06. The molecule has 0 saturated carbocycles. The average molecular weight is 345 g/mol. The van der Waals surface area contributed by atoms with Crippen LogP contribution in [-0.4, -0.2) is 55.0 Å². The molecule has 2 rings (SSSR count). The lowest BCUT2D eigenvalue weighted by molar-refractivity contribution is -0.205. The normalized spacial score (nSPS) is 16.6. The van der Waals surface area contributed by atoms with Gasteiger partial charge in [0.25, 0.3) is 0 Å². The molecule has 0 radical (unpaired) electrons. The third-order valence-electron chi connectivity index (χ3n) is 3.99. The predicted molar refractivity (Wildman–Crippen MR) is 86.2 cm³/mol. The van der Waals surface area contributed by atoms with Gasteiger partial charge in [0.2, 0.25) is 0 Å². The summed E-state index contributed by atoms with van der Waals surface area (Å²) >= 11 is 0. The summed E-state index contributed by atoms with van der Waals surface area (Å²) in [5.41, 5.74) is 1.49. The monoisotopic (exact) mass is 345 g/mol. The molecule has 0 spiro atoms. The van der Waals surface area contributed by atoms with Crippen molar-refractivity contribution in [3.05, 3.63) is 24.3 Å². The zero-order valence-electron chi connectivity index (χ0n) is 13.5. The fraction of sp³-hybridized carbons (Fsp3) is 0.562. The largest absolute Gasteiger partial charge is 0.416 e. The SMILES string of the molecule is CN(CC(O)C(F)(F)F)C(=O)Nc1cccc(N2CCCCC2)c1. The Hall–Kier alpha value is -1.96. The van der Waals surface area contributed by atoms with Crippen molar-refractivity contribution in [3.8, 4) is 0 Å². The van der Waals surface area contributed by atoms with Gasteiger partial charge in [0.15, 0.2) is 6.10 Å². The lowest BCUT2D eigenvalue weighted by Crippen LogP contribution is -2.43. The number of anilines is 2. The minimum atomic E-state index is -4.75. The van der Waals surface area contributed by atoms with Crippen LogP contribution in [0.5, 0.6) is 0 Å². The first-order chi connectivity index (χ1) is 11.3. The van der Waals surface area contributed by atoms with Crippen LogP contribution >= 0.6 is 0 Å². The zero-order chi connectivity index (χ0) is 17.7. The summed E-state index contributed by atoms with van der Waals surface area (Å²) in [6.07, 6.45) is -3.86. The molecule has 0 bridgehead atoms. The Morgan fingerprint density at radius 1 is 1.33 bits per heavy atom. The average Bonchev–Trinajstić information content (AvgIpc) is 2.55. The van der Waals surface area contributed by atoms with E-state index >= 15 is 0 Å². The molecule has 1 unspecified atom stereocenters. The van der Waals surface area contributed by atoms with Crippen molar-refractivity contribution < 1.29 is 23.1 Å². The molecule has 0 aromatic heterocycles. The van der Waals surface area contributed by atoms with Gasteiger partial charge in [-0.3, -0.25) is 0 Å². The van der Waals surface area contributed by atoms with Gasteiger partial charge >= 0.3 is 12.2 Å². The van der Waals surface area contributed by atoms with E-state index in [1.54, 1.807) is 18.2 Å². The van der Waals surface area contributed by atoms with Crippen LogP contribution in [0.4, 0.5) is 29.3 Å². The maximum atomic E-state index is 12.3. The second kappa shape index (κ2) is 7.74. The molecule has 24 heavy (non-hydrogen) atoms. The van der Waals surface area contributed by atoms with Crippen LogP contribution in [-0.2, 0) is 0 Å². The third-order valence-corrected chi connectivity index (χ3v) is 3.99. The summed E-state index contributed by atoms with van der Waals surface area (Å²) in [4.78, 5) is 15.0. The number of halogens is 3. The van der Waals surface area contributed by atoms with Crippen molar-refractivity contribution in [2.45, 2.75) is 31.5 Å². The van der Waals surface area contributed by atoms with Gasteiger partial charge in [-0.05, 0) is 37.5 Å². The summed E-state index contributed by atoms with van der Waals surface area (Å²) in [6, 6.07) is 6.52. The van der Waals surface area contributed by atoms with Gasteiger partial charge in [0.05, 0.1) is 6.54 Å². The molecule has 1 aliphatic heterocycles. The summed E-state index contributed by atoms with van der Waals surface area (Å²) in [5, 5.41) is 11.6. The minimum absolute atomic E-state index is 0.511. The van der Waals surface area contributed by atoms with Gasteiger partial charge in [-0.25, -0.2) is 4.79 Å². The van der Waals surface area contributed by atoms with Crippen LogP contribution in [0.1, 0.15) is 19.3 Å². The van der Waals surface area contributed by atoms with E-state index in [4.69, 9.17) is 5.11 Å². The van der Waals surface area contributed by atoms with E-state index in [0.717, 1.165) is 36.5 Å². The molecule has 1 heterocycles. The van der Waals surface area contributed by atoms with Crippen molar-refractivity contribution in [1.82, 2.24) is 4.90 Å². The fourth-order valence-corrected chi connectivity index (χ4v) is 2.60.